The van der Waals surface area contributed by atoms with E-state index in [2.05, 4.69) is 4.74 Å². The molecule has 0 amide bonds. The summed E-state index contributed by atoms with van der Waals surface area (Å²) in [5.41, 5.74) is 0. The largest absolute Gasteiger partial charge is 0.469 e. The van der Waals surface area contributed by atoms with Crippen molar-refractivity contribution in [2.24, 2.45) is 11.8 Å². The number of cyclic esters (lactones) is 1. The fourth-order valence-electron chi connectivity index (χ4n) is 1.73. The zero-order valence-corrected chi connectivity index (χ0v) is 8.78. The van der Waals surface area contributed by atoms with Crippen molar-refractivity contribution in [3.63, 3.8) is 0 Å². The summed E-state index contributed by atoms with van der Waals surface area (Å²) in [6.07, 6.45) is 0.515. The van der Waals surface area contributed by atoms with Crippen LogP contribution in [0, 0.1) is 11.8 Å². The van der Waals surface area contributed by atoms with Crippen LogP contribution in [0.25, 0.3) is 0 Å². The van der Waals surface area contributed by atoms with Crippen molar-refractivity contribution in [1.29, 1.82) is 0 Å². The van der Waals surface area contributed by atoms with E-state index in [1.807, 2.05) is 13.8 Å². The van der Waals surface area contributed by atoms with Crippen LogP contribution < -0.4 is 0 Å². The summed E-state index contributed by atoms with van der Waals surface area (Å²) in [5, 5.41) is 0. The molecule has 4 heteroatoms. The Balaban J connectivity index is 2.72. The van der Waals surface area contributed by atoms with Gasteiger partial charge in [-0.25, -0.2) is 0 Å². The smallest absolute Gasteiger partial charge is 0.312 e. The van der Waals surface area contributed by atoms with E-state index >= 15 is 0 Å². The van der Waals surface area contributed by atoms with Crippen LogP contribution >= 0.6 is 0 Å². The highest BCUT2D eigenvalue weighted by Gasteiger charge is 2.38. The van der Waals surface area contributed by atoms with Crippen LogP contribution in [0.15, 0.2) is 0 Å². The number of esters is 2. The number of ether oxygens (including phenoxy) is 2. The zero-order chi connectivity index (χ0) is 10.7. The van der Waals surface area contributed by atoms with Crippen molar-refractivity contribution in [2.45, 2.75) is 32.8 Å². The minimum absolute atomic E-state index is 0.142. The van der Waals surface area contributed by atoms with Gasteiger partial charge in [-0.2, -0.15) is 0 Å². The van der Waals surface area contributed by atoms with E-state index in [4.69, 9.17) is 4.74 Å². The Labute approximate surface area is 83.6 Å². The summed E-state index contributed by atoms with van der Waals surface area (Å²) in [5.74, 6) is -0.652. The van der Waals surface area contributed by atoms with Crippen LogP contribution in [0.1, 0.15) is 26.7 Å². The van der Waals surface area contributed by atoms with Crippen LogP contribution in [-0.4, -0.2) is 25.2 Å². The third-order valence-electron chi connectivity index (χ3n) is 2.48. The third-order valence-corrected chi connectivity index (χ3v) is 2.48. The topological polar surface area (TPSA) is 52.6 Å². The fraction of sp³-hybridized carbons (Fsp3) is 0.800. The number of rotatable bonds is 2. The van der Waals surface area contributed by atoms with E-state index in [9.17, 15) is 9.59 Å². The Kier molecular flexibility index (Phi) is 3.49. The predicted octanol–water partition coefficient (Wildman–Crippen LogP) is 1.14. The first-order valence-electron chi connectivity index (χ1n) is 4.83. The molecule has 0 spiro atoms. The van der Waals surface area contributed by atoms with Gasteiger partial charge in [0, 0.05) is 6.42 Å². The molecule has 14 heavy (non-hydrogen) atoms. The molecule has 1 aliphatic heterocycles. The summed E-state index contributed by atoms with van der Waals surface area (Å²) >= 11 is 0. The molecule has 1 heterocycles. The van der Waals surface area contributed by atoms with Crippen molar-refractivity contribution in [2.75, 3.05) is 7.11 Å². The summed E-state index contributed by atoms with van der Waals surface area (Å²) in [6, 6.07) is 0. The Morgan fingerprint density at radius 1 is 1.57 bits per heavy atom. The van der Waals surface area contributed by atoms with Gasteiger partial charge in [-0.05, 0) is 12.3 Å². The Bertz CT molecular complexity index is 234. The number of hydrogen-bond acceptors (Lipinski definition) is 4. The zero-order valence-electron chi connectivity index (χ0n) is 8.78. The fourth-order valence-corrected chi connectivity index (χ4v) is 1.73. The van der Waals surface area contributed by atoms with E-state index < -0.39 is 0 Å². The van der Waals surface area contributed by atoms with Gasteiger partial charge < -0.3 is 9.47 Å². The molecule has 0 bridgehead atoms. The molecule has 1 saturated heterocycles. The Morgan fingerprint density at radius 2 is 2.21 bits per heavy atom. The third kappa shape index (κ3) is 2.25. The maximum atomic E-state index is 11.4. The molecular weight excluding hydrogens is 184 g/mol. The quantitative estimate of drug-likeness (QED) is 0.627. The summed E-state index contributed by atoms with van der Waals surface area (Å²) in [7, 11) is 1.36. The van der Waals surface area contributed by atoms with Crippen LogP contribution in [0.3, 0.4) is 0 Å². The van der Waals surface area contributed by atoms with Gasteiger partial charge in [0.15, 0.2) is 0 Å². The molecular formula is C10H16O4. The van der Waals surface area contributed by atoms with E-state index in [0.29, 0.717) is 12.8 Å². The summed E-state index contributed by atoms with van der Waals surface area (Å²) in [4.78, 5) is 22.4. The Morgan fingerprint density at radius 3 is 2.71 bits per heavy atom. The summed E-state index contributed by atoms with van der Waals surface area (Å²) in [6.45, 7) is 3.86. The first kappa shape index (κ1) is 11.0. The minimum atomic E-state index is -0.330. The molecule has 0 saturated carbocycles. The molecule has 0 radical (unpaired) electrons. The van der Waals surface area contributed by atoms with Crippen molar-refractivity contribution in [1.82, 2.24) is 0 Å². The minimum Gasteiger partial charge on any atom is -0.469 e. The van der Waals surface area contributed by atoms with Gasteiger partial charge in [0.05, 0.1) is 13.0 Å². The second kappa shape index (κ2) is 4.44. The first-order valence-corrected chi connectivity index (χ1v) is 4.83. The standard InChI is InChI=1S/C10H16O4/c1-6(2)9-7(10(12)13-3)4-5-8(11)14-9/h6-7,9H,4-5H2,1-3H3/t7-,9-/m1/s1. The van der Waals surface area contributed by atoms with Crippen LogP contribution in [-0.2, 0) is 19.1 Å². The SMILES string of the molecule is COC(=O)[C@@H]1CCC(=O)O[C@@H]1C(C)C. The molecule has 0 aliphatic carbocycles. The van der Waals surface area contributed by atoms with Crippen LogP contribution in [0.2, 0.25) is 0 Å². The van der Waals surface area contributed by atoms with Gasteiger partial charge >= 0.3 is 11.9 Å². The lowest BCUT2D eigenvalue weighted by Crippen LogP contribution is -2.41. The molecule has 4 nitrogen and oxygen atoms in total. The molecule has 2 atom stereocenters. The van der Waals surface area contributed by atoms with Gasteiger partial charge in [0.1, 0.15) is 6.10 Å². The molecule has 0 N–H and O–H groups in total. The molecule has 80 valence electrons. The summed E-state index contributed by atoms with van der Waals surface area (Å²) < 4.78 is 9.82. The van der Waals surface area contributed by atoms with Crippen LogP contribution in [0.5, 0.6) is 0 Å². The van der Waals surface area contributed by atoms with Crippen molar-refractivity contribution in [3.05, 3.63) is 0 Å². The van der Waals surface area contributed by atoms with Gasteiger partial charge in [-0.3, -0.25) is 9.59 Å². The maximum Gasteiger partial charge on any atom is 0.312 e. The normalized spacial score (nSPS) is 27.3. The highest BCUT2D eigenvalue weighted by atomic mass is 16.6. The average molecular weight is 200 g/mol. The van der Waals surface area contributed by atoms with Crippen molar-refractivity contribution < 1.29 is 19.1 Å². The molecule has 1 aliphatic rings. The molecule has 0 unspecified atom stereocenters. The molecule has 1 fully saturated rings. The molecule has 0 aromatic rings. The number of methoxy groups -OCH3 is 1. The van der Waals surface area contributed by atoms with E-state index in [1.165, 1.54) is 7.11 Å². The molecule has 1 rings (SSSR count). The van der Waals surface area contributed by atoms with E-state index in [0.717, 1.165) is 0 Å². The van der Waals surface area contributed by atoms with Crippen LogP contribution in [0.4, 0.5) is 0 Å². The molecule has 0 aromatic heterocycles. The van der Waals surface area contributed by atoms with Crippen molar-refractivity contribution in [3.8, 4) is 0 Å². The second-order valence-electron chi connectivity index (χ2n) is 3.87. The first-order chi connectivity index (χ1) is 6.56. The maximum absolute atomic E-state index is 11.4. The van der Waals surface area contributed by atoms with Gasteiger partial charge in [-0.15, -0.1) is 0 Å². The van der Waals surface area contributed by atoms with E-state index in [-0.39, 0.29) is 29.9 Å². The van der Waals surface area contributed by atoms with Gasteiger partial charge in [0.2, 0.25) is 0 Å². The number of carbonyl (C=O) groups is 2. The molecule has 0 aromatic carbocycles. The number of hydrogen-bond donors (Lipinski definition) is 0. The highest BCUT2D eigenvalue weighted by molar-refractivity contribution is 5.77. The van der Waals surface area contributed by atoms with Crippen molar-refractivity contribution >= 4 is 11.9 Å². The average Bonchev–Trinajstić information content (AvgIpc) is 2.16. The van der Waals surface area contributed by atoms with Gasteiger partial charge in [0.25, 0.3) is 0 Å². The second-order valence-corrected chi connectivity index (χ2v) is 3.87. The van der Waals surface area contributed by atoms with Gasteiger partial charge in [-0.1, -0.05) is 13.8 Å². The Hall–Kier alpha value is -1.06. The lowest BCUT2D eigenvalue weighted by Gasteiger charge is -2.31. The predicted molar refractivity (Wildman–Crippen MR) is 49.5 cm³/mol. The van der Waals surface area contributed by atoms with E-state index in [1.54, 1.807) is 0 Å². The monoisotopic (exact) mass is 200 g/mol. The number of carbonyl (C=O) groups excluding carboxylic acids is 2. The highest BCUT2D eigenvalue weighted by Crippen LogP contribution is 2.27. The lowest BCUT2D eigenvalue weighted by atomic mass is 9.87. The lowest BCUT2D eigenvalue weighted by molar-refractivity contribution is -0.171.